The molecule has 1 heterocycles. The molecule has 1 aliphatic rings. The molecule has 0 aliphatic carbocycles. The fraction of sp³-hybridized carbons (Fsp3) is 0.500. The third-order valence-corrected chi connectivity index (χ3v) is 1.79. The van der Waals surface area contributed by atoms with E-state index in [4.69, 9.17) is 5.11 Å². The van der Waals surface area contributed by atoms with Crippen LogP contribution >= 0.6 is 0 Å². The first-order valence-electron chi connectivity index (χ1n) is 3.56. The Balaban J connectivity index is 2.42. The van der Waals surface area contributed by atoms with Crippen LogP contribution in [0, 0.1) is 5.41 Å². The molecule has 0 bridgehead atoms. The van der Waals surface area contributed by atoms with Gasteiger partial charge in [0, 0.05) is 24.3 Å². The fourth-order valence-electron chi connectivity index (χ4n) is 0.994. The molecule has 1 rings (SSSR count). The molecule has 1 unspecified atom stereocenters. The normalized spacial score (nSPS) is 27.7. The van der Waals surface area contributed by atoms with E-state index in [1.807, 2.05) is 13.0 Å². The van der Waals surface area contributed by atoms with Crippen molar-refractivity contribution in [2.24, 2.45) is 10.4 Å². The number of carboxylic acids is 1. The lowest BCUT2D eigenvalue weighted by Gasteiger charge is -2.15. The summed E-state index contributed by atoms with van der Waals surface area (Å²) in [6, 6.07) is 0. The van der Waals surface area contributed by atoms with Gasteiger partial charge in [-0.1, -0.05) is 13.0 Å². The Labute approximate surface area is 65.4 Å². The summed E-state index contributed by atoms with van der Waals surface area (Å²) in [5.41, 5.74) is -0.127. The van der Waals surface area contributed by atoms with Crippen molar-refractivity contribution >= 4 is 12.2 Å². The second-order valence-corrected chi connectivity index (χ2v) is 2.99. The molecule has 0 saturated carbocycles. The SMILES string of the molecule is CC1(CCC(=O)O)C=CN=C1. The van der Waals surface area contributed by atoms with Crippen LogP contribution in [-0.4, -0.2) is 17.3 Å². The van der Waals surface area contributed by atoms with Crippen LogP contribution in [-0.2, 0) is 4.79 Å². The van der Waals surface area contributed by atoms with Gasteiger partial charge in [-0.3, -0.25) is 9.79 Å². The number of rotatable bonds is 3. The summed E-state index contributed by atoms with van der Waals surface area (Å²) in [6.07, 6.45) is 6.25. The van der Waals surface area contributed by atoms with Crippen molar-refractivity contribution in [3.05, 3.63) is 12.3 Å². The predicted octanol–water partition coefficient (Wildman–Crippen LogP) is 1.46. The van der Waals surface area contributed by atoms with Crippen LogP contribution in [0.2, 0.25) is 0 Å². The molecule has 11 heavy (non-hydrogen) atoms. The van der Waals surface area contributed by atoms with Crippen molar-refractivity contribution in [1.82, 2.24) is 0 Å². The molecule has 0 radical (unpaired) electrons. The summed E-state index contributed by atoms with van der Waals surface area (Å²) < 4.78 is 0. The van der Waals surface area contributed by atoms with Crippen LogP contribution in [0.5, 0.6) is 0 Å². The number of hydrogen-bond acceptors (Lipinski definition) is 2. The quantitative estimate of drug-likeness (QED) is 0.667. The predicted molar refractivity (Wildman–Crippen MR) is 42.6 cm³/mol. The molecule has 0 saturated heterocycles. The van der Waals surface area contributed by atoms with Gasteiger partial charge in [-0.15, -0.1) is 0 Å². The van der Waals surface area contributed by atoms with Crippen molar-refractivity contribution in [3.63, 3.8) is 0 Å². The highest BCUT2D eigenvalue weighted by Gasteiger charge is 2.21. The van der Waals surface area contributed by atoms with E-state index >= 15 is 0 Å². The molecule has 0 aromatic heterocycles. The minimum absolute atomic E-state index is 0.127. The van der Waals surface area contributed by atoms with Crippen LogP contribution in [0.1, 0.15) is 19.8 Å². The van der Waals surface area contributed by atoms with Crippen molar-refractivity contribution in [2.45, 2.75) is 19.8 Å². The van der Waals surface area contributed by atoms with Crippen molar-refractivity contribution in [3.8, 4) is 0 Å². The number of nitrogens with zero attached hydrogens (tertiary/aromatic N) is 1. The van der Waals surface area contributed by atoms with Gasteiger partial charge < -0.3 is 5.11 Å². The van der Waals surface area contributed by atoms with Crippen LogP contribution in [0.15, 0.2) is 17.3 Å². The summed E-state index contributed by atoms with van der Waals surface area (Å²) >= 11 is 0. The maximum absolute atomic E-state index is 10.2. The number of hydrogen-bond donors (Lipinski definition) is 1. The van der Waals surface area contributed by atoms with Gasteiger partial charge >= 0.3 is 5.97 Å². The van der Waals surface area contributed by atoms with Gasteiger partial charge in [0.1, 0.15) is 0 Å². The Morgan fingerprint density at radius 3 is 2.91 bits per heavy atom. The van der Waals surface area contributed by atoms with Crippen LogP contribution in [0.25, 0.3) is 0 Å². The fourth-order valence-corrected chi connectivity index (χ4v) is 0.994. The third-order valence-electron chi connectivity index (χ3n) is 1.79. The van der Waals surface area contributed by atoms with Gasteiger partial charge in [0.15, 0.2) is 0 Å². The molecule has 0 amide bonds. The maximum Gasteiger partial charge on any atom is 0.303 e. The molecule has 3 nitrogen and oxygen atoms in total. The Kier molecular flexibility index (Phi) is 2.08. The highest BCUT2D eigenvalue weighted by molar-refractivity contribution is 5.73. The summed E-state index contributed by atoms with van der Waals surface area (Å²) in [7, 11) is 0. The molecular formula is C8H11NO2. The van der Waals surface area contributed by atoms with Crippen molar-refractivity contribution in [2.75, 3.05) is 0 Å². The van der Waals surface area contributed by atoms with E-state index in [9.17, 15) is 4.79 Å². The first kappa shape index (κ1) is 7.98. The summed E-state index contributed by atoms with van der Waals surface area (Å²) in [6.45, 7) is 1.98. The molecule has 60 valence electrons. The van der Waals surface area contributed by atoms with Gasteiger partial charge in [0.2, 0.25) is 0 Å². The zero-order chi connectivity index (χ0) is 8.32. The Hall–Kier alpha value is -1.12. The molecular weight excluding hydrogens is 142 g/mol. The topological polar surface area (TPSA) is 49.7 Å². The van der Waals surface area contributed by atoms with Gasteiger partial charge in [-0.05, 0) is 6.42 Å². The minimum Gasteiger partial charge on any atom is -0.481 e. The molecule has 0 fully saturated rings. The standard InChI is InChI=1S/C8H11NO2/c1-8(3-2-7(10)11)4-5-9-6-8/h4-6H,2-3H2,1H3,(H,10,11). The molecule has 1 N–H and O–H groups in total. The minimum atomic E-state index is -0.750. The average Bonchev–Trinajstić information content (AvgIpc) is 2.33. The molecule has 1 atom stereocenters. The molecule has 3 heteroatoms. The zero-order valence-corrected chi connectivity index (χ0v) is 6.45. The lowest BCUT2D eigenvalue weighted by atomic mass is 9.88. The molecule has 0 spiro atoms. The van der Waals surface area contributed by atoms with E-state index < -0.39 is 5.97 Å². The summed E-state index contributed by atoms with van der Waals surface area (Å²) in [4.78, 5) is 14.1. The van der Waals surface area contributed by atoms with E-state index in [1.54, 1.807) is 12.4 Å². The number of carbonyl (C=O) groups is 1. The van der Waals surface area contributed by atoms with E-state index in [0.29, 0.717) is 6.42 Å². The van der Waals surface area contributed by atoms with E-state index in [1.165, 1.54) is 0 Å². The zero-order valence-electron chi connectivity index (χ0n) is 6.45. The van der Waals surface area contributed by atoms with Gasteiger partial charge in [0.05, 0.1) is 0 Å². The average molecular weight is 153 g/mol. The van der Waals surface area contributed by atoms with Crippen LogP contribution < -0.4 is 0 Å². The summed E-state index contributed by atoms with van der Waals surface area (Å²) in [5.74, 6) is -0.750. The number of carboxylic acid groups (broad SMARTS) is 1. The monoisotopic (exact) mass is 153 g/mol. The molecule has 1 aliphatic heterocycles. The van der Waals surface area contributed by atoms with Crippen molar-refractivity contribution in [1.29, 1.82) is 0 Å². The number of aliphatic imine (C=N–C) groups is 1. The second kappa shape index (κ2) is 2.86. The first-order valence-corrected chi connectivity index (χ1v) is 3.56. The highest BCUT2D eigenvalue weighted by atomic mass is 16.4. The molecule has 0 aromatic carbocycles. The van der Waals surface area contributed by atoms with Gasteiger partial charge in [-0.25, -0.2) is 0 Å². The van der Waals surface area contributed by atoms with Crippen molar-refractivity contribution < 1.29 is 9.90 Å². The smallest absolute Gasteiger partial charge is 0.303 e. The van der Waals surface area contributed by atoms with E-state index in [2.05, 4.69) is 4.99 Å². The Morgan fingerprint density at radius 2 is 2.45 bits per heavy atom. The first-order chi connectivity index (χ1) is 5.12. The van der Waals surface area contributed by atoms with Crippen LogP contribution in [0.3, 0.4) is 0 Å². The van der Waals surface area contributed by atoms with Crippen LogP contribution in [0.4, 0.5) is 0 Å². The second-order valence-electron chi connectivity index (χ2n) is 2.99. The van der Waals surface area contributed by atoms with Gasteiger partial charge in [0.25, 0.3) is 0 Å². The number of allylic oxidation sites excluding steroid dienone is 1. The Morgan fingerprint density at radius 1 is 1.73 bits per heavy atom. The maximum atomic E-state index is 10.2. The lowest BCUT2D eigenvalue weighted by molar-refractivity contribution is -0.137. The highest BCUT2D eigenvalue weighted by Crippen LogP contribution is 2.25. The third kappa shape index (κ3) is 2.18. The summed E-state index contributed by atoms with van der Waals surface area (Å²) in [5, 5.41) is 8.42. The molecule has 0 aromatic rings. The lowest BCUT2D eigenvalue weighted by Crippen LogP contribution is -2.14. The Bertz CT molecular complexity index is 206. The van der Waals surface area contributed by atoms with E-state index in [-0.39, 0.29) is 11.8 Å². The van der Waals surface area contributed by atoms with E-state index in [0.717, 1.165) is 0 Å². The number of aliphatic carboxylic acids is 1. The van der Waals surface area contributed by atoms with Gasteiger partial charge in [-0.2, -0.15) is 0 Å². The largest absolute Gasteiger partial charge is 0.481 e.